The first-order valence-electron chi connectivity index (χ1n) is 9.71. The molecule has 1 amide bonds. The summed E-state index contributed by atoms with van der Waals surface area (Å²) in [5.41, 5.74) is 4.74. The van der Waals surface area contributed by atoms with Gasteiger partial charge in [-0.25, -0.2) is 9.50 Å². The lowest BCUT2D eigenvalue weighted by molar-refractivity contribution is 0.0692. The molecule has 1 aromatic carbocycles. The molecule has 1 N–H and O–H groups in total. The van der Waals surface area contributed by atoms with Crippen LogP contribution in [-0.4, -0.2) is 50.2 Å². The van der Waals surface area contributed by atoms with E-state index in [2.05, 4.69) is 46.5 Å². The number of aromatic nitrogens is 3. The Kier molecular flexibility index (Phi) is 4.02. The number of hydrogen-bond donors (Lipinski definition) is 1. The third-order valence-corrected chi connectivity index (χ3v) is 6.06. The summed E-state index contributed by atoms with van der Waals surface area (Å²) in [6, 6.07) is 8.55. The van der Waals surface area contributed by atoms with Crippen LogP contribution >= 0.6 is 0 Å². The van der Waals surface area contributed by atoms with E-state index in [9.17, 15) is 4.79 Å². The second-order valence-electron chi connectivity index (χ2n) is 7.63. The fraction of sp³-hybridized carbons (Fsp3) is 0.318. The Labute approximate surface area is 163 Å². The summed E-state index contributed by atoms with van der Waals surface area (Å²) in [4.78, 5) is 19.4. The number of fused-ring (bicyclic) bond motifs is 3. The summed E-state index contributed by atoms with van der Waals surface area (Å²) in [6.07, 6.45) is 12.0. The molecule has 6 heteroatoms. The zero-order valence-electron chi connectivity index (χ0n) is 15.6. The SMILES string of the molecule is O=C(c1cnn2cc(CCO)cnc12)N1CCC2(C=Cc3ccccc32)CC1. The van der Waals surface area contributed by atoms with Crippen LogP contribution in [0, 0.1) is 0 Å². The Balaban J connectivity index is 1.36. The van der Waals surface area contributed by atoms with Gasteiger partial charge in [-0.15, -0.1) is 0 Å². The number of amides is 1. The van der Waals surface area contributed by atoms with Gasteiger partial charge in [-0.05, 0) is 36.0 Å². The third kappa shape index (κ3) is 2.64. The molecule has 0 unspecified atom stereocenters. The molecule has 0 saturated carbocycles. The predicted molar refractivity (Wildman–Crippen MR) is 106 cm³/mol. The van der Waals surface area contributed by atoms with E-state index in [4.69, 9.17) is 5.11 Å². The van der Waals surface area contributed by atoms with E-state index in [1.165, 1.54) is 11.1 Å². The minimum atomic E-state index is -0.0116. The Morgan fingerprint density at radius 1 is 1.18 bits per heavy atom. The lowest BCUT2D eigenvalue weighted by Gasteiger charge is -2.39. The summed E-state index contributed by atoms with van der Waals surface area (Å²) in [5.74, 6) is -0.0116. The zero-order valence-corrected chi connectivity index (χ0v) is 15.6. The number of hydrogen-bond acceptors (Lipinski definition) is 4. The van der Waals surface area contributed by atoms with Crippen LogP contribution in [0.5, 0.6) is 0 Å². The molecule has 3 heterocycles. The van der Waals surface area contributed by atoms with Crippen molar-refractivity contribution < 1.29 is 9.90 Å². The molecule has 2 aromatic heterocycles. The summed E-state index contributed by atoms with van der Waals surface area (Å²) in [7, 11) is 0. The van der Waals surface area contributed by atoms with Crippen molar-refractivity contribution in [3.63, 3.8) is 0 Å². The van der Waals surface area contributed by atoms with Gasteiger partial charge in [0.15, 0.2) is 5.65 Å². The predicted octanol–water partition coefficient (Wildman–Crippen LogP) is 2.46. The molecule has 0 radical (unpaired) electrons. The normalized spacial score (nSPS) is 17.4. The van der Waals surface area contributed by atoms with E-state index >= 15 is 0 Å². The summed E-state index contributed by atoms with van der Waals surface area (Å²) < 4.78 is 1.62. The fourth-order valence-electron chi connectivity index (χ4n) is 4.47. The molecule has 0 bridgehead atoms. The number of likely N-dealkylation sites (tertiary alicyclic amines) is 1. The zero-order chi connectivity index (χ0) is 19.1. The first kappa shape index (κ1) is 17.1. The quantitative estimate of drug-likeness (QED) is 0.765. The molecule has 1 aliphatic heterocycles. The van der Waals surface area contributed by atoms with Crippen molar-refractivity contribution in [3.05, 3.63) is 71.2 Å². The van der Waals surface area contributed by atoms with Gasteiger partial charge in [-0.3, -0.25) is 4.79 Å². The number of nitrogens with zero attached hydrogens (tertiary/aromatic N) is 4. The lowest BCUT2D eigenvalue weighted by atomic mass is 9.74. The Bertz CT molecular complexity index is 1080. The van der Waals surface area contributed by atoms with Crippen LogP contribution in [0.25, 0.3) is 11.7 Å². The van der Waals surface area contributed by atoms with Gasteiger partial charge >= 0.3 is 0 Å². The average molecular weight is 374 g/mol. The van der Waals surface area contributed by atoms with Crippen molar-refractivity contribution in [3.8, 4) is 0 Å². The number of carbonyl (C=O) groups excluding carboxylic acids is 1. The van der Waals surface area contributed by atoms with E-state index in [1.54, 1.807) is 16.9 Å². The molecular formula is C22H22N4O2. The Hall–Kier alpha value is -2.99. The lowest BCUT2D eigenvalue weighted by Crippen LogP contribution is -2.44. The van der Waals surface area contributed by atoms with Crippen LogP contribution < -0.4 is 0 Å². The second kappa shape index (κ2) is 6.56. The van der Waals surface area contributed by atoms with E-state index in [-0.39, 0.29) is 17.9 Å². The van der Waals surface area contributed by atoms with E-state index in [0.717, 1.165) is 31.5 Å². The third-order valence-electron chi connectivity index (χ3n) is 6.06. The number of carbonyl (C=O) groups is 1. The van der Waals surface area contributed by atoms with Crippen LogP contribution in [0.2, 0.25) is 0 Å². The van der Waals surface area contributed by atoms with Crippen molar-refractivity contribution in [2.45, 2.75) is 24.7 Å². The van der Waals surface area contributed by atoms with Crippen LogP contribution in [0.4, 0.5) is 0 Å². The smallest absolute Gasteiger partial charge is 0.259 e. The van der Waals surface area contributed by atoms with Gasteiger partial charge in [0, 0.05) is 37.5 Å². The standard InChI is InChI=1S/C22H22N4O2/c27-12-6-16-13-23-20-18(14-24-26(20)15-16)21(28)25-10-8-22(9-11-25)7-5-17-3-1-2-4-19(17)22/h1-5,7,13-15,27H,6,8-12H2. The highest BCUT2D eigenvalue weighted by Crippen LogP contribution is 2.43. The number of piperidine rings is 1. The van der Waals surface area contributed by atoms with Crippen molar-refractivity contribution in [2.24, 2.45) is 0 Å². The highest BCUT2D eigenvalue weighted by Gasteiger charge is 2.39. The topological polar surface area (TPSA) is 70.7 Å². The molecule has 1 aliphatic carbocycles. The van der Waals surface area contributed by atoms with Crippen LogP contribution in [0.3, 0.4) is 0 Å². The second-order valence-corrected chi connectivity index (χ2v) is 7.63. The van der Waals surface area contributed by atoms with Crippen molar-refractivity contribution in [1.29, 1.82) is 0 Å². The van der Waals surface area contributed by atoms with Crippen LogP contribution in [-0.2, 0) is 11.8 Å². The highest BCUT2D eigenvalue weighted by atomic mass is 16.3. The number of benzene rings is 1. The van der Waals surface area contributed by atoms with E-state index < -0.39 is 0 Å². The molecule has 0 atom stereocenters. The van der Waals surface area contributed by atoms with E-state index in [0.29, 0.717) is 17.6 Å². The van der Waals surface area contributed by atoms with Gasteiger partial charge in [0.2, 0.25) is 0 Å². The highest BCUT2D eigenvalue weighted by molar-refractivity contribution is 5.99. The molecular weight excluding hydrogens is 352 g/mol. The molecule has 2 aliphatic rings. The minimum absolute atomic E-state index is 0.0116. The van der Waals surface area contributed by atoms with Gasteiger partial charge in [-0.2, -0.15) is 5.10 Å². The summed E-state index contributed by atoms with van der Waals surface area (Å²) in [6.45, 7) is 1.50. The molecule has 3 aromatic rings. The molecule has 142 valence electrons. The van der Waals surface area contributed by atoms with Crippen molar-refractivity contribution in [2.75, 3.05) is 19.7 Å². The number of aliphatic hydroxyl groups excluding tert-OH is 1. The van der Waals surface area contributed by atoms with Crippen molar-refractivity contribution >= 4 is 17.6 Å². The first-order valence-corrected chi connectivity index (χ1v) is 9.71. The largest absolute Gasteiger partial charge is 0.396 e. The molecule has 5 rings (SSSR count). The number of aliphatic hydroxyl groups is 1. The maximum Gasteiger partial charge on any atom is 0.259 e. The average Bonchev–Trinajstić information content (AvgIpc) is 3.31. The monoisotopic (exact) mass is 374 g/mol. The summed E-state index contributed by atoms with van der Waals surface area (Å²) >= 11 is 0. The molecule has 1 fully saturated rings. The number of allylic oxidation sites excluding steroid dienone is 1. The first-order chi connectivity index (χ1) is 13.7. The maximum absolute atomic E-state index is 13.1. The van der Waals surface area contributed by atoms with Gasteiger partial charge in [-0.1, -0.05) is 36.4 Å². The molecule has 28 heavy (non-hydrogen) atoms. The number of rotatable bonds is 3. The minimum Gasteiger partial charge on any atom is -0.396 e. The fourth-order valence-corrected chi connectivity index (χ4v) is 4.47. The molecule has 6 nitrogen and oxygen atoms in total. The van der Waals surface area contributed by atoms with Gasteiger partial charge in [0.05, 0.1) is 6.20 Å². The van der Waals surface area contributed by atoms with Gasteiger partial charge in [0.25, 0.3) is 5.91 Å². The Morgan fingerprint density at radius 3 is 2.82 bits per heavy atom. The van der Waals surface area contributed by atoms with Crippen molar-refractivity contribution in [1.82, 2.24) is 19.5 Å². The van der Waals surface area contributed by atoms with Gasteiger partial charge < -0.3 is 10.0 Å². The van der Waals surface area contributed by atoms with E-state index in [1.807, 2.05) is 11.1 Å². The summed E-state index contributed by atoms with van der Waals surface area (Å²) in [5, 5.41) is 13.4. The Morgan fingerprint density at radius 2 is 2.00 bits per heavy atom. The van der Waals surface area contributed by atoms with Crippen LogP contribution in [0.15, 0.2) is 48.9 Å². The molecule has 1 saturated heterocycles. The maximum atomic E-state index is 13.1. The van der Waals surface area contributed by atoms with Gasteiger partial charge in [0.1, 0.15) is 5.56 Å². The van der Waals surface area contributed by atoms with Crippen LogP contribution in [0.1, 0.15) is 39.9 Å². The molecule has 1 spiro atoms.